The summed E-state index contributed by atoms with van der Waals surface area (Å²) >= 11 is 5.89. The standard InChI is InChI=1S/C18H18ClN5/c1-2-14-5-3-4-6-16(14)22-17-12-21-24-18(23-17)20-11-13-7-9-15(19)10-8-13/h3-10,12H,2,11H2,1H3,(H2,20,22,23,24). The fourth-order valence-corrected chi connectivity index (χ4v) is 2.44. The first-order valence-corrected chi connectivity index (χ1v) is 8.15. The second-order valence-corrected chi connectivity index (χ2v) is 5.72. The van der Waals surface area contributed by atoms with E-state index < -0.39 is 0 Å². The van der Waals surface area contributed by atoms with Crippen molar-refractivity contribution in [1.82, 2.24) is 15.2 Å². The average molecular weight is 340 g/mol. The predicted octanol–water partition coefficient (Wildman–Crippen LogP) is 4.44. The van der Waals surface area contributed by atoms with E-state index in [0.29, 0.717) is 18.3 Å². The number of para-hydroxylation sites is 1. The van der Waals surface area contributed by atoms with Gasteiger partial charge in [0.05, 0.1) is 6.20 Å². The molecule has 0 aliphatic heterocycles. The number of hydrogen-bond donors (Lipinski definition) is 2. The summed E-state index contributed by atoms with van der Waals surface area (Å²) in [4.78, 5) is 4.45. The van der Waals surface area contributed by atoms with E-state index in [1.165, 1.54) is 5.56 Å². The van der Waals surface area contributed by atoms with Crippen LogP contribution in [0.4, 0.5) is 17.5 Å². The van der Waals surface area contributed by atoms with E-state index in [9.17, 15) is 0 Å². The summed E-state index contributed by atoms with van der Waals surface area (Å²) < 4.78 is 0. The molecule has 0 radical (unpaired) electrons. The summed E-state index contributed by atoms with van der Waals surface area (Å²) in [5.41, 5.74) is 3.36. The molecule has 0 amide bonds. The van der Waals surface area contributed by atoms with Crippen molar-refractivity contribution in [2.45, 2.75) is 19.9 Å². The molecule has 2 N–H and O–H groups in total. The van der Waals surface area contributed by atoms with Crippen molar-refractivity contribution in [3.05, 3.63) is 70.9 Å². The van der Waals surface area contributed by atoms with Crippen LogP contribution in [0.1, 0.15) is 18.1 Å². The third kappa shape index (κ3) is 4.20. The molecule has 0 fully saturated rings. The molecule has 5 nitrogen and oxygen atoms in total. The number of hydrogen-bond acceptors (Lipinski definition) is 5. The molecular formula is C18H18ClN5. The highest BCUT2D eigenvalue weighted by Crippen LogP contribution is 2.20. The van der Waals surface area contributed by atoms with Gasteiger partial charge in [0.1, 0.15) is 0 Å². The molecular weight excluding hydrogens is 322 g/mol. The lowest BCUT2D eigenvalue weighted by molar-refractivity contribution is 0.948. The van der Waals surface area contributed by atoms with E-state index in [1.54, 1.807) is 6.20 Å². The van der Waals surface area contributed by atoms with Crippen molar-refractivity contribution in [1.29, 1.82) is 0 Å². The van der Waals surface area contributed by atoms with Crippen LogP contribution in [0, 0.1) is 0 Å². The molecule has 2 aromatic carbocycles. The lowest BCUT2D eigenvalue weighted by Gasteiger charge is -2.10. The van der Waals surface area contributed by atoms with Gasteiger partial charge in [-0.2, -0.15) is 10.1 Å². The lowest BCUT2D eigenvalue weighted by Crippen LogP contribution is -2.06. The Hall–Kier alpha value is -2.66. The van der Waals surface area contributed by atoms with Gasteiger partial charge in [0.25, 0.3) is 0 Å². The van der Waals surface area contributed by atoms with Crippen LogP contribution in [0.15, 0.2) is 54.7 Å². The Morgan fingerprint density at radius 3 is 2.62 bits per heavy atom. The van der Waals surface area contributed by atoms with Gasteiger partial charge in [-0.15, -0.1) is 5.10 Å². The summed E-state index contributed by atoms with van der Waals surface area (Å²) in [6.45, 7) is 2.73. The second kappa shape index (κ2) is 7.75. The molecule has 122 valence electrons. The van der Waals surface area contributed by atoms with Crippen LogP contribution in [-0.4, -0.2) is 15.2 Å². The maximum absolute atomic E-state index is 5.89. The van der Waals surface area contributed by atoms with Crippen LogP contribution in [-0.2, 0) is 13.0 Å². The fraction of sp³-hybridized carbons (Fsp3) is 0.167. The molecule has 0 atom stereocenters. The molecule has 0 saturated heterocycles. The summed E-state index contributed by atoms with van der Waals surface area (Å²) in [5.74, 6) is 1.13. The molecule has 0 bridgehead atoms. The van der Waals surface area contributed by atoms with Gasteiger partial charge in [0.15, 0.2) is 5.82 Å². The first kappa shape index (κ1) is 16.2. The van der Waals surface area contributed by atoms with Gasteiger partial charge in [-0.1, -0.05) is 48.9 Å². The Kier molecular flexibility index (Phi) is 5.23. The van der Waals surface area contributed by atoms with Gasteiger partial charge in [0, 0.05) is 17.3 Å². The van der Waals surface area contributed by atoms with E-state index in [4.69, 9.17) is 11.6 Å². The minimum atomic E-state index is 0.476. The Bertz CT molecular complexity index is 805. The minimum Gasteiger partial charge on any atom is -0.349 e. The van der Waals surface area contributed by atoms with Gasteiger partial charge in [-0.25, -0.2) is 0 Å². The Morgan fingerprint density at radius 1 is 1.04 bits per heavy atom. The predicted molar refractivity (Wildman–Crippen MR) is 97.7 cm³/mol. The quantitative estimate of drug-likeness (QED) is 0.695. The number of halogens is 1. The van der Waals surface area contributed by atoms with Crippen LogP contribution in [0.25, 0.3) is 0 Å². The number of benzene rings is 2. The van der Waals surface area contributed by atoms with E-state index in [1.807, 2.05) is 42.5 Å². The first-order valence-electron chi connectivity index (χ1n) is 7.77. The van der Waals surface area contributed by atoms with Crippen molar-refractivity contribution in [3.63, 3.8) is 0 Å². The van der Waals surface area contributed by atoms with Gasteiger partial charge in [-0.05, 0) is 35.7 Å². The summed E-state index contributed by atoms with van der Waals surface area (Å²) in [6, 6.07) is 15.8. The number of nitrogens with one attached hydrogen (secondary N) is 2. The normalized spacial score (nSPS) is 10.4. The summed E-state index contributed by atoms with van der Waals surface area (Å²) in [7, 11) is 0. The molecule has 0 spiro atoms. The number of aryl methyl sites for hydroxylation is 1. The summed E-state index contributed by atoms with van der Waals surface area (Å²) in [5, 5.41) is 15.2. The highest BCUT2D eigenvalue weighted by atomic mass is 35.5. The fourth-order valence-electron chi connectivity index (χ4n) is 2.31. The maximum Gasteiger partial charge on any atom is 0.244 e. The highest BCUT2D eigenvalue weighted by Gasteiger charge is 2.04. The average Bonchev–Trinajstić information content (AvgIpc) is 2.62. The highest BCUT2D eigenvalue weighted by molar-refractivity contribution is 6.30. The van der Waals surface area contributed by atoms with Crippen molar-refractivity contribution < 1.29 is 0 Å². The van der Waals surface area contributed by atoms with Gasteiger partial charge < -0.3 is 10.6 Å². The van der Waals surface area contributed by atoms with Crippen molar-refractivity contribution in [2.24, 2.45) is 0 Å². The SMILES string of the molecule is CCc1ccccc1Nc1cnnc(NCc2ccc(Cl)cc2)n1. The van der Waals surface area contributed by atoms with Gasteiger partial charge in [-0.3, -0.25) is 0 Å². The van der Waals surface area contributed by atoms with Crippen LogP contribution < -0.4 is 10.6 Å². The zero-order valence-electron chi connectivity index (χ0n) is 13.3. The molecule has 3 aromatic rings. The third-order valence-corrected chi connectivity index (χ3v) is 3.84. The smallest absolute Gasteiger partial charge is 0.244 e. The van der Waals surface area contributed by atoms with E-state index in [0.717, 1.165) is 22.7 Å². The molecule has 0 unspecified atom stereocenters. The lowest BCUT2D eigenvalue weighted by atomic mass is 10.1. The molecule has 6 heteroatoms. The minimum absolute atomic E-state index is 0.476. The molecule has 0 saturated carbocycles. The van der Waals surface area contributed by atoms with Crippen molar-refractivity contribution in [3.8, 4) is 0 Å². The Balaban J connectivity index is 1.68. The molecule has 0 aliphatic carbocycles. The molecule has 1 heterocycles. The van der Waals surface area contributed by atoms with Gasteiger partial charge in [0.2, 0.25) is 5.95 Å². The first-order chi connectivity index (χ1) is 11.7. The molecule has 24 heavy (non-hydrogen) atoms. The van der Waals surface area contributed by atoms with E-state index >= 15 is 0 Å². The largest absolute Gasteiger partial charge is 0.349 e. The second-order valence-electron chi connectivity index (χ2n) is 5.28. The number of nitrogens with zero attached hydrogens (tertiary/aromatic N) is 3. The van der Waals surface area contributed by atoms with Crippen LogP contribution >= 0.6 is 11.6 Å². The molecule has 0 aliphatic rings. The maximum atomic E-state index is 5.89. The van der Waals surface area contributed by atoms with Crippen molar-refractivity contribution >= 4 is 29.1 Å². The van der Waals surface area contributed by atoms with E-state index in [-0.39, 0.29) is 0 Å². The number of rotatable bonds is 6. The van der Waals surface area contributed by atoms with Crippen LogP contribution in [0.5, 0.6) is 0 Å². The monoisotopic (exact) mass is 339 g/mol. The molecule has 3 rings (SSSR count). The number of anilines is 3. The van der Waals surface area contributed by atoms with Crippen LogP contribution in [0.3, 0.4) is 0 Å². The topological polar surface area (TPSA) is 62.7 Å². The molecule has 1 aromatic heterocycles. The van der Waals surface area contributed by atoms with Crippen LogP contribution in [0.2, 0.25) is 5.02 Å². The van der Waals surface area contributed by atoms with E-state index in [2.05, 4.69) is 38.8 Å². The van der Waals surface area contributed by atoms with Gasteiger partial charge >= 0.3 is 0 Å². The zero-order chi connectivity index (χ0) is 16.8. The third-order valence-electron chi connectivity index (χ3n) is 3.58. The van der Waals surface area contributed by atoms with Crippen molar-refractivity contribution in [2.75, 3.05) is 10.6 Å². The number of aromatic nitrogens is 3. The summed E-state index contributed by atoms with van der Waals surface area (Å²) in [6.07, 6.45) is 2.56. The zero-order valence-corrected chi connectivity index (χ0v) is 14.1. The Morgan fingerprint density at radius 2 is 1.83 bits per heavy atom. The Labute approximate surface area is 146 Å².